The molecule has 0 atom stereocenters. The summed E-state index contributed by atoms with van der Waals surface area (Å²) in [5.74, 6) is 0. The van der Waals surface area contributed by atoms with Crippen molar-refractivity contribution in [3.8, 4) is 0 Å². The fraction of sp³-hybridized carbons (Fsp3) is 0.176. The van der Waals surface area contributed by atoms with Gasteiger partial charge in [0.2, 0.25) is 0 Å². The Morgan fingerprint density at radius 2 is 1.52 bits per heavy atom. The van der Waals surface area contributed by atoms with Crippen LogP contribution in [-0.2, 0) is 6.18 Å². The lowest BCUT2D eigenvalue weighted by atomic mass is 10.0. The first-order valence-electron chi connectivity index (χ1n) is 6.90. The molecule has 2 aromatic carbocycles. The lowest BCUT2D eigenvalue weighted by molar-refractivity contribution is -0.137. The number of hydrogen-bond acceptors (Lipinski definition) is 1. The summed E-state index contributed by atoms with van der Waals surface area (Å²) in [4.78, 5) is 0.448. The van der Waals surface area contributed by atoms with Gasteiger partial charge in [0.15, 0.2) is 0 Å². The predicted octanol–water partition coefficient (Wildman–Crippen LogP) is 7.17. The van der Waals surface area contributed by atoms with E-state index in [1.54, 1.807) is 30.3 Å². The minimum absolute atomic E-state index is 0.113. The standard InChI is InChI=1S/C17H11BrF6S/c18-10-14(25-13-7-2-1-3-8-13)15(17(22,23)24)11-5-4-6-12(9-11)16(19,20)21/h1-9H,10H2/b15-14-. The second-order valence-electron chi connectivity index (χ2n) is 4.92. The molecular weight excluding hydrogens is 430 g/mol. The average Bonchev–Trinajstić information content (AvgIpc) is 2.53. The van der Waals surface area contributed by atoms with Gasteiger partial charge in [0.25, 0.3) is 0 Å². The predicted molar refractivity (Wildman–Crippen MR) is 90.5 cm³/mol. The topological polar surface area (TPSA) is 0 Å². The van der Waals surface area contributed by atoms with Gasteiger partial charge in [-0.15, -0.1) is 0 Å². The van der Waals surface area contributed by atoms with E-state index in [4.69, 9.17) is 0 Å². The fourth-order valence-electron chi connectivity index (χ4n) is 2.11. The highest BCUT2D eigenvalue weighted by Gasteiger charge is 2.39. The summed E-state index contributed by atoms with van der Waals surface area (Å²) in [6, 6.07) is 11.6. The number of alkyl halides is 7. The minimum atomic E-state index is -4.80. The second-order valence-corrected chi connectivity index (χ2v) is 6.65. The normalized spacial score (nSPS) is 13.6. The molecule has 0 heterocycles. The Labute approximate surface area is 153 Å². The molecule has 0 unspecified atom stereocenters. The first kappa shape index (κ1) is 19.9. The Bertz CT molecular complexity index is 750. The molecule has 0 saturated carbocycles. The summed E-state index contributed by atoms with van der Waals surface area (Å²) in [7, 11) is 0. The lowest BCUT2D eigenvalue weighted by Gasteiger charge is -2.18. The van der Waals surface area contributed by atoms with E-state index in [0.717, 1.165) is 30.0 Å². The fourth-order valence-corrected chi connectivity index (χ4v) is 3.70. The maximum Gasteiger partial charge on any atom is 0.417 e. The van der Waals surface area contributed by atoms with Crippen LogP contribution in [0, 0.1) is 0 Å². The summed E-state index contributed by atoms with van der Waals surface area (Å²) in [5.41, 5.74) is -2.71. The molecule has 25 heavy (non-hydrogen) atoms. The van der Waals surface area contributed by atoms with E-state index in [0.29, 0.717) is 11.0 Å². The van der Waals surface area contributed by atoms with Crippen LogP contribution in [0.1, 0.15) is 11.1 Å². The van der Waals surface area contributed by atoms with Gasteiger partial charge >= 0.3 is 12.4 Å². The minimum Gasteiger partial charge on any atom is -0.166 e. The molecule has 0 aliphatic heterocycles. The molecule has 0 N–H and O–H groups in total. The van der Waals surface area contributed by atoms with Crippen molar-refractivity contribution in [2.45, 2.75) is 17.2 Å². The van der Waals surface area contributed by atoms with Crippen LogP contribution in [0.3, 0.4) is 0 Å². The van der Waals surface area contributed by atoms with E-state index < -0.39 is 29.1 Å². The Kier molecular flexibility index (Phi) is 6.26. The smallest absolute Gasteiger partial charge is 0.166 e. The molecule has 2 rings (SSSR count). The number of benzene rings is 2. The Hall–Kier alpha value is -1.41. The molecule has 134 valence electrons. The Morgan fingerprint density at radius 1 is 0.880 bits per heavy atom. The molecule has 8 heteroatoms. The highest BCUT2D eigenvalue weighted by atomic mass is 79.9. The summed E-state index contributed by atoms with van der Waals surface area (Å²) in [5, 5.41) is -0.141. The lowest BCUT2D eigenvalue weighted by Crippen LogP contribution is -2.14. The number of thioether (sulfide) groups is 1. The maximum absolute atomic E-state index is 13.6. The number of rotatable bonds is 4. The number of hydrogen-bond donors (Lipinski definition) is 0. The van der Waals surface area contributed by atoms with Crippen LogP contribution in [0.15, 0.2) is 64.4 Å². The molecule has 0 bridgehead atoms. The van der Waals surface area contributed by atoms with Crippen molar-refractivity contribution in [3.05, 3.63) is 70.6 Å². The zero-order chi connectivity index (χ0) is 18.7. The van der Waals surface area contributed by atoms with E-state index in [-0.39, 0.29) is 10.2 Å². The molecule has 0 nitrogen and oxygen atoms in total. The van der Waals surface area contributed by atoms with E-state index in [1.165, 1.54) is 0 Å². The average molecular weight is 441 g/mol. The van der Waals surface area contributed by atoms with Gasteiger partial charge in [0.1, 0.15) is 0 Å². The first-order valence-corrected chi connectivity index (χ1v) is 8.83. The van der Waals surface area contributed by atoms with Crippen LogP contribution < -0.4 is 0 Å². The molecule has 0 amide bonds. The molecule has 0 aliphatic rings. The van der Waals surface area contributed by atoms with E-state index >= 15 is 0 Å². The van der Waals surface area contributed by atoms with Crippen molar-refractivity contribution >= 4 is 33.3 Å². The third-order valence-corrected chi connectivity index (χ3v) is 5.18. The zero-order valence-electron chi connectivity index (χ0n) is 12.5. The van der Waals surface area contributed by atoms with Crippen LogP contribution >= 0.6 is 27.7 Å². The van der Waals surface area contributed by atoms with Gasteiger partial charge in [-0.05, 0) is 29.8 Å². The van der Waals surface area contributed by atoms with Gasteiger partial charge in [0.05, 0.1) is 11.1 Å². The summed E-state index contributed by atoms with van der Waals surface area (Å²) >= 11 is 3.88. The molecule has 0 aromatic heterocycles. The summed E-state index contributed by atoms with van der Waals surface area (Å²) in [6.45, 7) is 0. The Morgan fingerprint density at radius 3 is 2.04 bits per heavy atom. The van der Waals surface area contributed by atoms with Crippen molar-refractivity contribution < 1.29 is 26.3 Å². The van der Waals surface area contributed by atoms with Crippen LogP contribution in [0.2, 0.25) is 0 Å². The van der Waals surface area contributed by atoms with Crippen molar-refractivity contribution in [3.63, 3.8) is 0 Å². The molecular formula is C17H11BrF6S. The largest absolute Gasteiger partial charge is 0.417 e. The third kappa shape index (κ3) is 5.28. The van der Waals surface area contributed by atoms with E-state index in [1.807, 2.05) is 0 Å². The van der Waals surface area contributed by atoms with Crippen molar-refractivity contribution in [2.24, 2.45) is 0 Å². The SMILES string of the molecule is FC(F)(F)/C(=C(/CBr)Sc1ccccc1)c1cccc(C(F)(F)F)c1. The third-order valence-electron chi connectivity index (χ3n) is 3.15. The van der Waals surface area contributed by atoms with Crippen LogP contribution in [0.5, 0.6) is 0 Å². The van der Waals surface area contributed by atoms with Crippen molar-refractivity contribution in [2.75, 3.05) is 5.33 Å². The van der Waals surface area contributed by atoms with Crippen molar-refractivity contribution in [1.82, 2.24) is 0 Å². The van der Waals surface area contributed by atoms with Crippen molar-refractivity contribution in [1.29, 1.82) is 0 Å². The second kappa shape index (κ2) is 7.86. The van der Waals surface area contributed by atoms with Gasteiger partial charge in [0, 0.05) is 15.1 Å². The van der Waals surface area contributed by atoms with Crippen LogP contribution in [-0.4, -0.2) is 11.5 Å². The number of allylic oxidation sites excluding steroid dienone is 2. The monoisotopic (exact) mass is 440 g/mol. The number of halogens is 7. The van der Waals surface area contributed by atoms with Crippen LogP contribution in [0.25, 0.3) is 5.57 Å². The van der Waals surface area contributed by atoms with E-state index in [2.05, 4.69) is 15.9 Å². The highest BCUT2D eigenvalue weighted by molar-refractivity contribution is 9.09. The van der Waals surface area contributed by atoms with Gasteiger partial charge in [-0.2, -0.15) is 26.3 Å². The quantitative estimate of drug-likeness (QED) is 0.276. The van der Waals surface area contributed by atoms with Gasteiger partial charge in [-0.3, -0.25) is 0 Å². The molecule has 0 saturated heterocycles. The molecule has 0 radical (unpaired) electrons. The summed E-state index contributed by atoms with van der Waals surface area (Å²) in [6.07, 6.45) is -9.51. The molecule has 0 fully saturated rings. The van der Waals surface area contributed by atoms with Gasteiger partial charge < -0.3 is 0 Å². The first-order chi connectivity index (χ1) is 11.6. The zero-order valence-corrected chi connectivity index (χ0v) is 14.9. The Balaban J connectivity index is 2.59. The van der Waals surface area contributed by atoms with Crippen LogP contribution in [0.4, 0.5) is 26.3 Å². The molecule has 2 aromatic rings. The maximum atomic E-state index is 13.6. The highest BCUT2D eigenvalue weighted by Crippen LogP contribution is 2.43. The van der Waals surface area contributed by atoms with Gasteiger partial charge in [-0.1, -0.05) is 58.0 Å². The molecule has 0 aliphatic carbocycles. The van der Waals surface area contributed by atoms with Gasteiger partial charge in [-0.25, -0.2) is 0 Å². The van der Waals surface area contributed by atoms with E-state index in [9.17, 15) is 26.3 Å². The molecule has 0 spiro atoms. The summed E-state index contributed by atoms with van der Waals surface area (Å²) < 4.78 is 79.3.